The molecule has 70 valence electrons. The Bertz CT molecular complexity index is 279. The SMILES string of the molecule is CNc1ccc(COC(C)=O)cc1. The summed E-state index contributed by atoms with van der Waals surface area (Å²) >= 11 is 0. The summed E-state index contributed by atoms with van der Waals surface area (Å²) in [5, 5.41) is 3.01. The van der Waals surface area contributed by atoms with Crippen LogP contribution in [0.15, 0.2) is 24.3 Å². The zero-order valence-corrected chi connectivity index (χ0v) is 7.83. The first-order valence-corrected chi connectivity index (χ1v) is 4.12. The molecule has 13 heavy (non-hydrogen) atoms. The van der Waals surface area contributed by atoms with Gasteiger partial charge in [0.15, 0.2) is 0 Å². The van der Waals surface area contributed by atoms with Crippen LogP contribution in [0, 0.1) is 0 Å². The van der Waals surface area contributed by atoms with Gasteiger partial charge in [-0.15, -0.1) is 0 Å². The van der Waals surface area contributed by atoms with Gasteiger partial charge in [-0.1, -0.05) is 12.1 Å². The summed E-state index contributed by atoms with van der Waals surface area (Å²) in [4.78, 5) is 10.5. The molecule has 0 unspecified atom stereocenters. The lowest BCUT2D eigenvalue weighted by molar-refractivity contribution is -0.142. The maximum atomic E-state index is 10.5. The molecule has 0 aliphatic heterocycles. The minimum atomic E-state index is -0.252. The Morgan fingerprint density at radius 1 is 1.38 bits per heavy atom. The predicted octanol–water partition coefficient (Wildman–Crippen LogP) is 1.79. The van der Waals surface area contributed by atoms with E-state index in [-0.39, 0.29) is 5.97 Å². The van der Waals surface area contributed by atoms with E-state index in [1.54, 1.807) is 0 Å². The van der Waals surface area contributed by atoms with E-state index in [4.69, 9.17) is 4.74 Å². The van der Waals surface area contributed by atoms with Gasteiger partial charge in [0.2, 0.25) is 0 Å². The predicted molar refractivity (Wildman–Crippen MR) is 51.5 cm³/mol. The van der Waals surface area contributed by atoms with Gasteiger partial charge in [0.05, 0.1) is 0 Å². The molecule has 0 amide bonds. The molecule has 0 radical (unpaired) electrons. The van der Waals surface area contributed by atoms with E-state index in [1.807, 2.05) is 31.3 Å². The molecule has 1 aromatic carbocycles. The van der Waals surface area contributed by atoms with Gasteiger partial charge in [-0.3, -0.25) is 4.79 Å². The highest BCUT2D eigenvalue weighted by Gasteiger charge is 1.95. The van der Waals surface area contributed by atoms with E-state index in [0.29, 0.717) is 6.61 Å². The number of carbonyl (C=O) groups excluding carboxylic acids is 1. The molecule has 0 saturated heterocycles. The number of ether oxygens (including phenoxy) is 1. The second-order valence-electron chi connectivity index (χ2n) is 2.73. The van der Waals surface area contributed by atoms with Crippen LogP contribution >= 0.6 is 0 Å². The van der Waals surface area contributed by atoms with Crippen molar-refractivity contribution in [3.63, 3.8) is 0 Å². The van der Waals surface area contributed by atoms with Gasteiger partial charge < -0.3 is 10.1 Å². The third-order valence-electron chi connectivity index (χ3n) is 1.68. The Kier molecular flexibility index (Phi) is 3.31. The quantitative estimate of drug-likeness (QED) is 0.719. The zero-order valence-electron chi connectivity index (χ0n) is 7.83. The van der Waals surface area contributed by atoms with E-state index in [1.165, 1.54) is 6.92 Å². The van der Waals surface area contributed by atoms with Crippen molar-refractivity contribution in [1.82, 2.24) is 0 Å². The molecule has 0 aliphatic carbocycles. The van der Waals surface area contributed by atoms with Gasteiger partial charge >= 0.3 is 5.97 Å². The van der Waals surface area contributed by atoms with Gasteiger partial charge in [-0.25, -0.2) is 0 Å². The Morgan fingerprint density at radius 3 is 2.46 bits per heavy atom. The zero-order chi connectivity index (χ0) is 9.68. The van der Waals surface area contributed by atoms with Crippen LogP contribution in [0.2, 0.25) is 0 Å². The lowest BCUT2D eigenvalue weighted by Crippen LogP contribution is -1.98. The number of hydrogen-bond acceptors (Lipinski definition) is 3. The van der Waals surface area contributed by atoms with E-state index < -0.39 is 0 Å². The van der Waals surface area contributed by atoms with Crippen LogP contribution in [0.3, 0.4) is 0 Å². The standard InChI is InChI=1S/C10H13NO2/c1-8(12)13-7-9-3-5-10(11-2)6-4-9/h3-6,11H,7H2,1-2H3. The first-order chi connectivity index (χ1) is 6.22. The smallest absolute Gasteiger partial charge is 0.302 e. The maximum absolute atomic E-state index is 10.5. The number of rotatable bonds is 3. The lowest BCUT2D eigenvalue weighted by Gasteiger charge is -2.03. The van der Waals surface area contributed by atoms with Gasteiger partial charge in [0.1, 0.15) is 6.61 Å². The average molecular weight is 179 g/mol. The summed E-state index contributed by atoms with van der Waals surface area (Å²) in [5.74, 6) is -0.252. The Morgan fingerprint density at radius 2 is 2.00 bits per heavy atom. The fourth-order valence-electron chi connectivity index (χ4n) is 0.953. The summed E-state index contributed by atoms with van der Waals surface area (Å²) in [6.45, 7) is 1.75. The molecule has 1 rings (SSSR count). The number of carbonyl (C=O) groups is 1. The Balaban J connectivity index is 2.54. The molecular formula is C10H13NO2. The Hall–Kier alpha value is -1.51. The minimum absolute atomic E-state index is 0.252. The molecule has 1 aromatic rings. The van der Waals surface area contributed by atoms with E-state index >= 15 is 0 Å². The second kappa shape index (κ2) is 4.50. The van der Waals surface area contributed by atoms with Crippen molar-refractivity contribution < 1.29 is 9.53 Å². The Labute approximate surface area is 77.7 Å². The van der Waals surface area contributed by atoms with Gasteiger partial charge in [0, 0.05) is 19.7 Å². The number of esters is 1. The number of benzene rings is 1. The lowest BCUT2D eigenvalue weighted by atomic mass is 10.2. The topological polar surface area (TPSA) is 38.3 Å². The summed E-state index contributed by atoms with van der Waals surface area (Å²) < 4.78 is 4.84. The van der Waals surface area contributed by atoms with Crippen LogP contribution < -0.4 is 5.32 Å². The molecule has 3 nitrogen and oxygen atoms in total. The maximum Gasteiger partial charge on any atom is 0.302 e. The molecule has 0 fully saturated rings. The highest BCUT2D eigenvalue weighted by molar-refractivity contribution is 5.65. The largest absolute Gasteiger partial charge is 0.461 e. The van der Waals surface area contributed by atoms with Crippen LogP contribution in [0.25, 0.3) is 0 Å². The molecule has 0 spiro atoms. The number of hydrogen-bond donors (Lipinski definition) is 1. The summed E-state index contributed by atoms with van der Waals surface area (Å²) in [7, 11) is 1.86. The summed E-state index contributed by atoms with van der Waals surface area (Å²) in [5.41, 5.74) is 2.04. The van der Waals surface area contributed by atoms with Crippen LogP contribution in [0.4, 0.5) is 5.69 Å². The number of anilines is 1. The van der Waals surface area contributed by atoms with Crippen molar-refractivity contribution in [2.45, 2.75) is 13.5 Å². The normalized spacial score (nSPS) is 9.38. The van der Waals surface area contributed by atoms with Gasteiger partial charge in [-0.2, -0.15) is 0 Å². The van der Waals surface area contributed by atoms with E-state index in [9.17, 15) is 4.79 Å². The van der Waals surface area contributed by atoms with Gasteiger partial charge in [0.25, 0.3) is 0 Å². The van der Waals surface area contributed by atoms with Crippen LogP contribution in [-0.2, 0) is 16.1 Å². The molecule has 0 aliphatic rings. The van der Waals surface area contributed by atoms with Gasteiger partial charge in [-0.05, 0) is 17.7 Å². The summed E-state index contributed by atoms with van der Waals surface area (Å²) in [6, 6.07) is 7.74. The summed E-state index contributed by atoms with van der Waals surface area (Å²) in [6.07, 6.45) is 0. The van der Waals surface area contributed by atoms with Crippen LogP contribution in [-0.4, -0.2) is 13.0 Å². The monoisotopic (exact) mass is 179 g/mol. The average Bonchev–Trinajstić information content (AvgIpc) is 2.15. The fraction of sp³-hybridized carbons (Fsp3) is 0.300. The highest BCUT2D eigenvalue weighted by Crippen LogP contribution is 2.09. The fourth-order valence-corrected chi connectivity index (χ4v) is 0.953. The van der Waals surface area contributed by atoms with Crippen molar-refractivity contribution in [1.29, 1.82) is 0 Å². The van der Waals surface area contributed by atoms with E-state index in [2.05, 4.69) is 5.32 Å². The van der Waals surface area contributed by atoms with Crippen molar-refractivity contribution in [3.8, 4) is 0 Å². The molecule has 0 aromatic heterocycles. The third-order valence-corrected chi connectivity index (χ3v) is 1.68. The van der Waals surface area contributed by atoms with Crippen molar-refractivity contribution in [3.05, 3.63) is 29.8 Å². The first kappa shape index (κ1) is 9.58. The van der Waals surface area contributed by atoms with Crippen molar-refractivity contribution in [2.75, 3.05) is 12.4 Å². The molecule has 0 saturated carbocycles. The molecule has 3 heteroatoms. The molecular weight excluding hydrogens is 166 g/mol. The molecule has 0 heterocycles. The van der Waals surface area contributed by atoms with Crippen molar-refractivity contribution >= 4 is 11.7 Å². The van der Waals surface area contributed by atoms with E-state index in [0.717, 1.165) is 11.3 Å². The molecule has 0 bridgehead atoms. The first-order valence-electron chi connectivity index (χ1n) is 4.12. The molecule has 1 N–H and O–H groups in total. The van der Waals surface area contributed by atoms with Crippen LogP contribution in [0.1, 0.15) is 12.5 Å². The molecule has 0 atom stereocenters. The minimum Gasteiger partial charge on any atom is -0.461 e. The number of nitrogens with one attached hydrogen (secondary N) is 1. The van der Waals surface area contributed by atoms with Crippen LogP contribution in [0.5, 0.6) is 0 Å². The van der Waals surface area contributed by atoms with Crippen molar-refractivity contribution in [2.24, 2.45) is 0 Å². The second-order valence-corrected chi connectivity index (χ2v) is 2.73. The third kappa shape index (κ3) is 3.15. The highest BCUT2D eigenvalue weighted by atomic mass is 16.5.